The summed E-state index contributed by atoms with van der Waals surface area (Å²) < 4.78 is 16.3. The molecule has 1 aromatic heterocycles. The van der Waals surface area contributed by atoms with Crippen LogP contribution in [0.5, 0.6) is 11.5 Å². The largest absolute Gasteiger partial charge is 0.493 e. The SMILES string of the molecule is COc1cc2c(cc1OC)CC(=O)N(CC1CCCN(CCc3ccco3)C1)CC2. The molecule has 6 heteroatoms. The zero-order valence-electron chi connectivity index (χ0n) is 18.1. The first-order valence-corrected chi connectivity index (χ1v) is 10.9. The van der Waals surface area contributed by atoms with Gasteiger partial charge in [0.05, 0.1) is 26.9 Å². The minimum absolute atomic E-state index is 0.216. The molecule has 4 rings (SSSR count). The van der Waals surface area contributed by atoms with Gasteiger partial charge in [0.2, 0.25) is 5.91 Å². The van der Waals surface area contributed by atoms with E-state index in [2.05, 4.69) is 9.80 Å². The van der Waals surface area contributed by atoms with Gasteiger partial charge in [-0.25, -0.2) is 0 Å². The highest BCUT2D eigenvalue weighted by Gasteiger charge is 2.27. The lowest BCUT2D eigenvalue weighted by molar-refractivity contribution is -0.131. The minimum Gasteiger partial charge on any atom is -0.493 e. The van der Waals surface area contributed by atoms with Crippen LogP contribution in [0.25, 0.3) is 0 Å². The van der Waals surface area contributed by atoms with E-state index in [1.54, 1.807) is 20.5 Å². The number of hydrogen-bond acceptors (Lipinski definition) is 5. The van der Waals surface area contributed by atoms with Gasteiger partial charge in [-0.3, -0.25) is 4.79 Å². The van der Waals surface area contributed by atoms with Crippen LogP contribution in [-0.2, 0) is 24.1 Å². The van der Waals surface area contributed by atoms with Crippen LogP contribution in [-0.4, -0.2) is 62.7 Å². The molecule has 1 fully saturated rings. The third kappa shape index (κ3) is 4.81. The van der Waals surface area contributed by atoms with Crippen LogP contribution in [0.2, 0.25) is 0 Å². The molecule has 0 bridgehead atoms. The highest BCUT2D eigenvalue weighted by molar-refractivity contribution is 5.80. The molecular formula is C24H32N2O4. The number of methoxy groups -OCH3 is 2. The molecule has 162 valence electrons. The fourth-order valence-electron chi connectivity index (χ4n) is 4.75. The monoisotopic (exact) mass is 412 g/mol. The van der Waals surface area contributed by atoms with Gasteiger partial charge in [-0.15, -0.1) is 0 Å². The Balaban J connectivity index is 1.36. The van der Waals surface area contributed by atoms with Gasteiger partial charge in [-0.05, 0) is 67.1 Å². The van der Waals surface area contributed by atoms with Crippen LogP contribution in [0.1, 0.15) is 29.7 Å². The predicted octanol–water partition coefficient (Wildman–Crippen LogP) is 3.18. The Kier molecular flexibility index (Phi) is 6.62. The van der Waals surface area contributed by atoms with Crippen LogP contribution in [0.3, 0.4) is 0 Å². The van der Waals surface area contributed by atoms with E-state index in [0.29, 0.717) is 18.1 Å². The fraction of sp³-hybridized carbons (Fsp3) is 0.542. The summed E-state index contributed by atoms with van der Waals surface area (Å²) in [5.74, 6) is 3.22. The lowest BCUT2D eigenvalue weighted by Gasteiger charge is -2.35. The summed E-state index contributed by atoms with van der Waals surface area (Å²) in [6.45, 7) is 4.82. The molecule has 1 saturated heterocycles. The number of amides is 1. The van der Waals surface area contributed by atoms with Gasteiger partial charge in [0.25, 0.3) is 0 Å². The first-order valence-electron chi connectivity index (χ1n) is 10.9. The van der Waals surface area contributed by atoms with Crippen molar-refractivity contribution in [2.24, 2.45) is 5.92 Å². The molecule has 2 aromatic rings. The van der Waals surface area contributed by atoms with Gasteiger partial charge in [0.1, 0.15) is 5.76 Å². The van der Waals surface area contributed by atoms with Crippen molar-refractivity contribution in [2.75, 3.05) is 46.9 Å². The van der Waals surface area contributed by atoms with Crippen LogP contribution in [0.15, 0.2) is 34.9 Å². The molecule has 1 unspecified atom stereocenters. The molecule has 6 nitrogen and oxygen atoms in total. The quantitative estimate of drug-likeness (QED) is 0.699. The van der Waals surface area contributed by atoms with E-state index in [0.717, 1.165) is 62.6 Å². The smallest absolute Gasteiger partial charge is 0.227 e. The summed E-state index contributed by atoms with van der Waals surface area (Å²) >= 11 is 0. The Bertz CT molecular complexity index is 849. The van der Waals surface area contributed by atoms with Crippen molar-refractivity contribution >= 4 is 5.91 Å². The van der Waals surface area contributed by atoms with E-state index in [1.807, 2.05) is 24.3 Å². The summed E-state index contributed by atoms with van der Waals surface area (Å²) in [5, 5.41) is 0. The summed E-state index contributed by atoms with van der Waals surface area (Å²) in [6.07, 6.45) is 6.36. The van der Waals surface area contributed by atoms with Crippen LogP contribution < -0.4 is 9.47 Å². The standard InChI is InChI=1S/C24H32N2O4/c1-28-22-13-19-7-11-26(24(27)15-20(19)14-23(22)29-2)17-18-5-3-9-25(16-18)10-8-21-6-4-12-30-21/h4,6,12-14,18H,3,5,7-11,15-17H2,1-2H3. The van der Waals surface area contributed by atoms with Gasteiger partial charge in [-0.1, -0.05) is 0 Å². The molecule has 3 heterocycles. The molecule has 2 aliphatic heterocycles. The van der Waals surface area contributed by atoms with Gasteiger partial charge >= 0.3 is 0 Å². The van der Waals surface area contributed by atoms with Gasteiger partial charge in [0.15, 0.2) is 11.5 Å². The van der Waals surface area contributed by atoms with E-state index in [1.165, 1.54) is 18.4 Å². The van der Waals surface area contributed by atoms with E-state index in [-0.39, 0.29) is 5.91 Å². The summed E-state index contributed by atoms with van der Waals surface area (Å²) in [6, 6.07) is 7.98. The second kappa shape index (κ2) is 9.56. The Hall–Kier alpha value is -2.47. The average molecular weight is 413 g/mol. The number of hydrogen-bond donors (Lipinski definition) is 0. The molecular weight excluding hydrogens is 380 g/mol. The van der Waals surface area contributed by atoms with Crippen molar-refractivity contribution in [1.82, 2.24) is 9.80 Å². The first-order chi connectivity index (χ1) is 14.7. The number of nitrogens with zero attached hydrogens (tertiary/aromatic N) is 2. The zero-order chi connectivity index (χ0) is 20.9. The molecule has 0 N–H and O–H groups in total. The van der Waals surface area contributed by atoms with Crippen molar-refractivity contribution in [1.29, 1.82) is 0 Å². The van der Waals surface area contributed by atoms with E-state index < -0.39 is 0 Å². The maximum absolute atomic E-state index is 13.0. The van der Waals surface area contributed by atoms with Crippen molar-refractivity contribution in [3.63, 3.8) is 0 Å². The molecule has 2 aliphatic rings. The van der Waals surface area contributed by atoms with Crippen molar-refractivity contribution in [3.8, 4) is 11.5 Å². The molecule has 1 amide bonds. The van der Waals surface area contributed by atoms with E-state index in [4.69, 9.17) is 13.9 Å². The third-order valence-electron chi connectivity index (χ3n) is 6.39. The molecule has 0 aliphatic carbocycles. The Morgan fingerprint density at radius 1 is 1.13 bits per heavy atom. The summed E-state index contributed by atoms with van der Waals surface area (Å²) in [4.78, 5) is 17.6. The Morgan fingerprint density at radius 2 is 1.93 bits per heavy atom. The Morgan fingerprint density at radius 3 is 2.67 bits per heavy atom. The second-order valence-electron chi connectivity index (χ2n) is 8.38. The second-order valence-corrected chi connectivity index (χ2v) is 8.38. The molecule has 0 spiro atoms. The summed E-state index contributed by atoms with van der Waals surface area (Å²) in [5.41, 5.74) is 2.25. The third-order valence-corrected chi connectivity index (χ3v) is 6.39. The molecule has 0 radical (unpaired) electrons. The molecule has 30 heavy (non-hydrogen) atoms. The van der Waals surface area contributed by atoms with E-state index in [9.17, 15) is 4.79 Å². The minimum atomic E-state index is 0.216. The van der Waals surface area contributed by atoms with Crippen molar-refractivity contribution in [2.45, 2.75) is 32.1 Å². The van der Waals surface area contributed by atoms with Gasteiger partial charge < -0.3 is 23.7 Å². The fourth-order valence-corrected chi connectivity index (χ4v) is 4.75. The summed E-state index contributed by atoms with van der Waals surface area (Å²) in [7, 11) is 3.29. The average Bonchev–Trinajstić information content (AvgIpc) is 3.24. The molecule has 1 aromatic carbocycles. The maximum atomic E-state index is 13.0. The van der Waals surface area contributed by atoms with Crippen molar-refractivity contribution < 1.29 is 18.7 Å². The van der Waals surface area contributed by atoms with Crippen LogP contribution in [0.4, 0.5) is 0 Å². The van der Waals surface area contributed by atoms with Gasteiger partial charge in [0, 0.05) is 32.6 Å². The lowest BCUT2D eigenvalue weighted by Crippen LogP contribution is -2.43. The lowest BCUT2D eigenvalue weighted by atomic mass is 9.97. The topological polar surface area (TPSA) is 55.2 Å². The normalized spacial score (nSPS) is 20.0. The zero-order valence-corrected chi connectivity index (χ0v) is 18.1. The van der Waals surface area contributed by atoms with Gasteiger partial charge in [-0.2, -0.15) is 0 Å². The predicted molar refractivity (Wildman–Crippen MR) is 115 cm³/mol. The Labute approximate surface area is 178 Å². The van der Waals surface area contributed by atoms with E-state index >= 15 is 0 Å². The van der Waals surface area contributed by atoms with Crippen molar-refractivity contribution in [3.05, 3.63) is 47.4 Å². The molecule has 0 saturated carbocycles. The number of carbonyl (C=O) groups is 1. The first kappa shape index (κ1) is 20.8. The number of carbonyl (C=O) groups excluding carboxylic acids is 1. The number of likely N-dealkylation sites (tertiary alicyclic amines) is 1. The number of furan rings is 1. The molecule has 1 atom stereocenters. The number of rotatable bonds is 7. The highest BCUT2D eigenvalue weighted by Crippen LogP contribution is 2.32. The number of ether oxygens (including phenoxy) is 2. The maximum Gasteiger partial charge on any atom is 0.227 e. The number of benzene rings is 1. The number of fused-ring (bicyclic) bond motifs is 1. The van der Waals surface area contributed by atoms with Crippen LogP contribution in [0, 0.1) is 5.92 Å². The highest BCUT2D eigenvalue weighted by atomic mass is 16.5. The van der Waals surface area contributed by atoms with Crippen LogP contribution >= 0.6 is 0 Å². The number of piperidine rings is 1.